The standard InChI is InChI=1S/C34H52O11/c1-23(35)15-39-19-34(20-40-16-24(2)36,21-41-17-25(3)37)22-42-18-26(4)43-31-32(45-31)44-30-13-9-28(10-14-30)33(5,6)27-7-11-29(38)12-8-27/h7-14,23-26,31-32,35-38H,15-22H2,1-6H3. The van der Waals surface area contributed by atoms with Gasteiger partial charge in [0.2, 0.25) is 6.29 Å². The normalized spacial score (nSPS) is 20.6. The predicted octanol–water partition coefficient (Wildman–Crippen LogP) is 3.38. The van der Waals surface area contributed by atoms with Gasteiger partial charge in [0.1, 0.15) is 11.5 Å². The molecule has 1 aliphatic heterocycles. The predicted molar refractivity (Wildman–Crippen MR) is 167 cm³/mol. The van der Waals surface area contributed by atoms with Crippen molar-refractivity contribution in [2.75, 3.05) is 52.9 Å². The molecule has 11 nitrogen and oxygen atoms in total. The van der Waals surface area contributed by atoms with Crippen LogP contribution in [0.1, 0.15) is 52.7 Å². The topological polar surface area (TPSA) is 149 Å². The quantitative estimate of drug-likeness (QED) is 0.141. The third-order valence-electron chi connectivity index (χ3n) is 7.26. The van der Waals surface area contributed by atoms with Crippen LogP contribution in [0.4, 0.5) is 0 Å². The van der Waals surface area contributed by atoms with E-state index in [0.717, 1.165) is 11.1 Å². The van der Waals surface area contributed by atoms with Gasteiger partial charge in [0, 0.05) is 5.41 Å². The monoisotopic (exact) mass is 636 g/mol. The van der Waals surface area contributed by atoms with Crippen LogP contribution in [0.25, 0.3) is 0 Å². The molecule has 0 spiro atoms. The lowest BCUT2D eigenvalue weighted by Gasteiger charge is -2.34. The van der Waals surface area contributed by atoms with Crippen LogP contribution in [0.5, 0.6) is 11.5 Å². The molecule has 1 heterocycles. The summed E-state index contributed by atoms with van der Waals surface area (Å²) in [5.74, 6) is 0.903. The molecule has 4 N–H and O–H groups in total. The minimum atomic E-state index is -0.747. The van der Waals surface area contributed by atoms with E-state index in [-0.39, 0.29) is 70.1 Å². The number of ether oxygens (including phenoxy) is 7. The molecule has 254 valence electrons. The number of epoxide rings is 1. The minimum Gasteiger partial charge on any atom is -0.508 e. The molecule has 0 radical (unpaired) electrons. The number of phenols is 1. The van der Waals surface area contributed by atoms with Crippen molar-refractivity contribution < 1.29 is 53.6 Å². The maximum Gasteiger partial charge on any atom is 0.254 e. The Hall–Kier alpha value is -2.32. The van der Waals surface area contributed by atoms with E-state index < -0.39 is 36.3 Å². The Morgan fingerprint density at radius 2 is 1.07 bits per heavy atom. The molecule has 0 aliphatic carbocycles. The molecule has 2 aromatic rings. The highest BCUT2D eigenvalue weighted by Gasteiger charge is 2.44. The Morgan fingerprint density at radius 1 is 0.644 bits per heavy atom. The number of aliphatic hydroxyl groups is 3. The molecule has 45 heavy (non-hydrogen) atoms. The molecular formula is C34H52O11. The summed E-state index contributed by atoms with van der Waals surface area (Å²) in [4.78, 5) is 0. The van der Waals surface area contributed by atoms with Gasteiger partial charge in [0.15, 0.2) is 0 Å². The summed E-state index contributed by atoms with van der Waals surface area (Å²) in [5, 5.41) is 38.6. The third kappa shape index (κ3) is 12.8. The van der Waals surface area contributed by atoms with Gasteiger partial charge in [-0.15, -0.1) is 0 Å². The molecule has 1 saturated heterocycles. The Labute approximate surface area is 266 Å². The van der Waals surface area contributed by atoms with E-state index in [4.69, 9.17) is 33.2 Å². The Balaban J connectivity index is 1.49. The third-order valence-corrected chi connectivity index (χ3v) is 7.26. The molecule has 0 amide bonds. The fraction of sp³-hybridized carbons (Fsp3) is 0.647. The van der Waals surface area contributed by atoms with E-state index in [0.29, 0.717) is 5.75 Å². The highest BCUT2D eigenvalue weighted by Crippen LogP contribution is 2.34. The van der Waals surface area contributed by atoms with E-state index in [1.165, 1.54) is 0 Å². The van der Waals surface area contributed by atoms with E-state index in [1.807, 2.05) is 43.3 Å². The van der Waals surface area contributed by atoms with Crippen LogP contribution in [0.15, 0.2) is 48.5 Å². The molecule has 1 aliphatic rings. The second kappa shape index (κ2) is 17.6. The van der Waals surface area contributed by atoms with Gasteiger partial charge < -0.3 is 53.6 Å². The first-order valence-electron chi connectivity index (χ1n) is 15.5. The van der Waals surface area contributed by atoms with Gasteiger partial charge in [-0.25, -0.2) is 0 Å². The fourth-order valence-corrected chi connectivity index (χ4v) is 4.69. The van der Waals surface area contributed by atoms with Crippen LogP contribution < -0.4 is 4.74 Å². The van der Waals surface area contributed by atoms with Crippen LogP contribution in [0, 0.1) is 5.41 Å². The fourth-order valence-electron chi connectivity index (χ4n) is 4.69. The molecule has 0 saturated carbocycles. The smallest absolute Gasteiger partial charge is 0.254 e. The zero-order valence-corrected chi connectivity index (χ0v) is 27.4. The molecule has 1 fully saturated rings. The number of benzene rings is 2. The summed E-state index contributed by atoms with van der Waals surface area (Å²) in [6, 6.07) is 15.1. The average Bonchev–Trinajstić information content (AvgIpc) is 3.69. The van der Waals surface area contributed by atoms with Gasteiger partial charge in [0.05, 0.1) is 82.7 Å². The Bertz CT molecular complexity index is 1070. The van der Waals surface area contributed by atoms with Crippen molar-refractivity contribution >= 4 is 0 Å². The second-order valence-electron chi connectivity index (χ2n) is 12.7. The minimum absolute atomic E-state index is 0.132. The van der Waals surface area contributed by atoms with Crippen molar-refractivity contribution in [1.29, 1.82) is 0 Å². The van der Waals surface area contributed by atoms with Crippen molar-refractivity contribution in [1.82, 2.24) is 0 Å². The van der Waals surface area contributed by atoms with E-state index >= 15 is 0 Å². The van der Waals surface area contributed by atoms with Crippen LogP contribution in [0.3, 0.4) is 0 Å². The van der Waals surface area contributed by atoms with Crippen LogP contribution in [-0.2, 0) is 33.8 Å². The lowest BCUT2D eigenvalue weighted by molar-refractivity contribution is -0.134. The molecular weight excluding hydrogens is 584 g/mol. The molecule has 0 aromatic heterocycles. The molecule has 6 unspecified atom stereocenters. The number of aromatic hydroxyl groups is 1. The number of hydrogen-bond acceptors (Lipinski definition) is 11. The molecule has 6 atom stereocenters. The summed E-state index contributed by atoms with van der Waals surface area (Å²) >= 11 is 0. The van der Waals surface area contributed by atoms with Crippen LogP contribution >= 0.6 is 0 Å². The largest absolute Gasteiger partial charge is 0.508 e. The summed E-state index contributed by atoms with van der Waals surface area (Å²) < 4.78 is 40.8. The van der Waals surface area contributed by atoms with E-state index in [2.05, 4.69) is 13.8 Å². The van der Waals surface area contributed by atoms with Gasteiger partial charge in [-0.2, -0.15) is 0 Å². The SMILES string of the molecule is CC(O)COCC(COCC(C)O)(COCC(C)O)COCC(C)OC1OC1Oc1ccc(C(C)(C)c2ccc(O)cc2)cc1. The van der Waals surface area contributed by atoms with Gasteiger partial charge in [-0.3, -0.25) is 0 Å². The van der Waals surface area contributed by atoms with E-state index in [9.17, 15) is 20.4 Å². The summed E-state index contributed by atoms with van der Waals surface area (Å²) in [6.07, 6.45) is -3.29. The zero-order chi connectivity index (χ0) is 33.0. The first kappa shape index (κ1) is 37.1. The van der Waals surface area contributed by atoms with Crippen LogP contribution in [0.2, 0.25) is 0 Å². The molecule has 11 heteroatoms. The second-order valence-corrected chi connectivity index (χ2v) is 12.7. The van der Waals surface area contributed by atoms with Crippen molar-refractivity contribution in [3.63, 3.8) is 0 Å². The maximum absolute atomic E-state index is 9.66. The highest BCUT2D eigenvalue weighted by molar-refractivity contribution is 5.41. The first-order chi connectivity index (χ1) is 21.3. The van der Waals surface area contributed by atoms with Crippen molar-refractivity contribution in [2.45, 2.75) is 84.0 Å². The van der Waals surface area contributed by atoms with Crippen molar-refractivity contribution in [2.24, 2.45) is 5.41 Å². The van der Waals surface area contributed by atoms with E-state index in [1.54, 1.807) is 32.9 Å². The summed E-state index contributed by atoms with van der Waals surface area (Å²) in [7, 11) is 0. The first-order valence-corrected chi connectivity index (χ1v) is 15.5. The summed E-state index contributed by atoms with van der Waals surface area (Å²) in [5.41, 5.74) is 1.20. The highest BCUT2D eigenvalue weighted by atomic mass is 16.9. The lowest BCUT2D eigenvalue weighted by Crippen LogP contribution is -2.43. The van der Waals surface area contributed by atoms with Gasteiger partial charge >= 0.3 is 0 Å². The maximum atomic E-state index is 9.66. The molecule has 2 aromatic carbocycles. The number of rotatable bonds is 22. The van der Waals surface area contributed by atoms with Crippen molar-refractivity contribution in [3.8, 4) is 11.5 Å². The van der Waals surface area contributed by atoms with Gasteiger partial charge in [0.25, 0.3) is 6.29 Å². The van der Waals surface area contributed by atoms with Crippen LogP contribution in [-0.4, -0.2) is 110 Å². The van der Waals surface area contributed by atoms with Gasteiger partial charge in [-0.1, -0.05) is 38.1 Å². The van der Waals surface area contributed by atoms with Crippen molar-refractivity contribution in [3.05, 3.63) is 59.7 Å². The molecule has 3 rings (SSSR count). The molecule has 0 bridgehead atoms. The lowest BCUT2D eigenvalue weighted by atomic mass is 9.78. The Morgan fingerprint density at radius 3 is 1.51 bits per heavy atom. The number of hydrogen-bond donors (Lipinski definition) is 4. The average molecular weight is 637 g/mol. The number of phenolic OH excluding ortho intramolecular Hbond substituents is 1. The van der Waals surface area contributed by atoms with Gasteiger partial charge in [-0.05, 0) is 63.1 Å². The number of aliphatic hydroxyl groups excluding tert-OH is 3. The zero-order valence-electron chi connectivity index (χ0n) is 27.4. The Kier molecular flexibility index (Phi) is 14.5. The summed E-state index contributed by atoms with van der Waals surface area (Å²) in [6.45, 7) is 12.4.